The zero-order valence-electron chi connectivity index (χ0n) is 13.1. The van der Waals surface area contributed by atoms with Crippen LogP contribution in [0.2, 0.25) is 0 Å². The van der Waals surface area contributed by atoms with Gasteiger partial charge in [0.2, 0.25) is 5.91 Å². The Balaban J connectivity index is 0.00000242. The predicted molar refractivity (Wildman–Crippen MR) is 101 cm³/mol. The third-order valence-electron chi connectivity index (χ3n) is 3.00. The quantitative estimate of drug-likeness (QED) is 0.810. The predicted octanol–water partition coefficient (Wildman–Crippen LogP) is 2.24. The average Bonchev–Trinajstić information content (AvgIpc) is 2.95. The van der Waals surface area contributed by atoms with Crippen molar-refractivity contribution in [3.63, 3.8) is 0 Å². The smallest absolute Gasteiger partial charge is 0.237 e. The van der Waals surface area contributed by atoms with Gasteiger partial charge in [-0.3, -0.25) is 4.79 Å². The fourth-order valence-electron chi connectivity index (χ4n) is 1.85. The van der Waals surface area contributed by atoms with E-state index in [0.717, 1.165) is 16.4 Å². The van der Waals surface area contributed by atoms with Crippen molar-refractivity contribution < 1.29 is 4.79 Å². The van der Waals surface area contributed by atoms with Crippen molar-refractivity contribution >= 4 is 47.2 Å². The summed E-state index contributed by atoms with van der Waals surface area (Å²) in [5, 5.41) is 5.70. The van der Waals surface area contributed by atoms with E-state index in [-0.39, 0.29) is 30.7 Å². The molecule has 1 aromatic heterocycles. The minimum atomic E-state index is -0.542. The van der Waals surface area contributed by atoms with Crippen molar-refractivity contribution in [1.82, 2.24) is 10.3 Å². The van der Waals surface area contributed by atoms with Crippen LogP contribution >= 0.6 is 36.2 Å². The van der Waals surface area contributed by atoms with E-state index in [9.17, 15) is 4.79 Å². The van der Waals surface area contributed by atoms with Crippen LogP contribution in [0.4, 0.5) is 5.13 Å². The van der Waals surface area contributed by atoms with Crippen LogP contribution in [-0.2, 0) is 17.8 Å². The van der Waals surface area contributed by atoms with Gasteiger partial charge >= 0.3 is 0 Å². The van der Waals surface area contributed by atoms with Crippen LogP contribution in [0.3, 0.4) is 0 Å². The Labute approximate surface area is 153 Å². The lowest BCUT2D eigenvalue weighted by Crippen LogP contribution is -2.41. The molecular weight excluding hydrogens is 355 g/mol. The molecule has 1 amide bonds. The Hall–Kier alpha value is -1.34. The molecule has 0 unspecified atom stereocenters. The molecule has 1 aromatic carbocycles. The number of carbonyl (C=O) groups excluding carboxylic acids is 1. The molecule has 0 aliphatic carbocycles. The number of anilines is 1. The molecule has 1 heterocycles. The number of nitrogens with two attached hydrogens (primary N) is 1. The highest BCUT2D eigenvalue weighted by Crippen LogP contribution is 2.17. The van der Waals surface area contributed by atoms with Gasteiger partial charge in [0.05, 0.1) is 18.3 Å². The number of nitrogens with zero attached hydrogens (tertiary/aromatic N) is 2. The van der Waals surface area contributed by atoms with Crippen molar-refractivity contribution in [3.05, 3.63) is 47.0 Å². The molecule has 5 nitrogen and oxygen atoms in total. The number of thiazole rings is 1. The molecule has 0 saturated heterocycles. The number of nitrogens with one attached hydrogen (secondary N) is 1. The van der Waals surface area contributed by atoms with E-state index in [1.54, 1.807) is 11.3 Å². The molecule has 0 aliphatic heterocycles. The number of amides is 1. The van der Waals surface area contributed by atoms with Crippen molar-refractivity contribution in [2.24, 2.45) is 5.73 Å². The van der Waals surface area contributed by atoms with Crippen LogP contribution in [0.25, 0.3) is 0 Å². The molecule has 2 rings (SSSR count). The highest BCUT2D eigenvalue weighted by atomic mass is 35.5. The third-order valence-corrected chi connectivity index (χ3v) is 4.06. The lowest BCUT2D eigenvalue weighted by atomic mass is 10.1. The van der Waals surface area contributed by atoms with Gasteiger partial charge in [-0.05, 0) is 12.0 Å². The first-order chi connectivity index (χ1) is 10.1. The Bertz CT molecular complexity index is 592. The standard InChI is InChI=1S/C15H20N4OS.2ClH/c1-19(2)15-18-12(10-21-15)9-17-14(20)13(16)8-11-6-4-3-5-7-11;;/h3-7,10,13H,8-9,16H2,1-2H3,(H,17,20);2*1H/t13-;;/m0../s1. The zero-order chi connectivity index (χ0) is 15.2. The lowest BCUT2D eigenvalue weighted by molar-refractivity contribution is -0.122. The summed E-state index contributed by atoms with van der Waals surface area (Å²) in [4.78, 5) is 18.3. The Morgan fingerprint density at radius 3 is 2.52 bits per heavy atom. The van der Waals surface area contributed by atoms with Crippen molar-refractivity contribution in [2.45, 2.75) is 19.0 Å². The number of aromatic nitrogens is 1. The minimum Gasteiger partial charge on any atom is -0.354 e. The number of benzene rings is 1. The Kier molecular flexibility index (Phi) is 9.83. The Morgan fingerprint density at radius 1 is 1.30 bits per heavy atom. The number of carbonyl (C=O) groups is 1. The number of hydrogen-bond donors (Lipinski definition) is 2. The summed E-state index contributed by atoms with van der Waals surface area (Å²) in [6, 6.07) is 9.23. The molecule has 0 radical (unpaired) electrons. The van der Waals surface area contributed by atoms with Crippen LogP contribution in [0.15, 0.2) is 35.7 Å². The van der Waals surface area contributed by atoms with E-state index in [0.29, 0.717) is 13.0 Å². The number of hydrogen-bond acceptors (Lipinski definition) is 5. The summed E-state index contributed by atoms with van der Waals surface area (Å²) in [5.41, 5.74) is 7.84. The zero-order valence-corrected chi connectivity index (χ0v) is 15.5. The van der Waals surface area contributed by atoms with Crippen molar-refractivity contribution in [3.8, 4) is 0 Å². The molecule has 1 atom stereocenters. The maximum Gasteiger partial charge on any atom is 0.237 e. The van der Waals surface area contributed by atoms with Crippen LogP contribution in [0, 0.1) is 0 Å². The van der Waals surface area contributed by atoms with Gasteiger partial charge in [0, 0.05) is 19.5 Å². The molecule has 8 heteroatoms. The molecule has 3 N–H and O–H groups in total. The Morgan fingerprint density at radius 2 is 1.96 bits per heavy atom. The van der Waals surface area contributed by atoms with Gasteiger partial charge in [-0.15, -0.1) is 36.2 Å². The molecule has 2 aromatic rings. The first-order valence-electron chi connectivity index (χ1n) is 6.75. The van der Waals surface area contributed by atoms with Crippen LogP contribution in [0.5, 0.6) is 0 Å². The van der Waals surface area contributed by atoms with Crippen LogP contribution < -0.4 is 16.0 Å². The molecule has 0 spiro atoms. The van der Waals surface area contributed by atoms with Crippen molar-refractivity contribution in [2.75, 3.05) is 19.0 Å². The number of halogens is 2. The summed E-state index contributed by atoms with van der Waals surface area (Å²) in [6.07, 6.45) is 0.534. The van der Waals surface area contributed by atoms with E-state index >= 15 is 0 Å². The van der Waals surface area contributed by atoms with Gasteiger partial charge in [-0.2, -0.15) is 0 Å². The second-order valence-corrected chi connectivity index (χ2v) is 5.87. The van der Waals surface area contributed by atoms with Crippen LogP contribution in [-0.4, -0.2) is 31.0 Å². The van der Waals surface area contributed by atoms with Gasteiger partial charge < -0.3 is 16.0 Å². The van der Waals surface area contributed by atoms with Gasteiger partial charge in [0.25, 0.3) is 0 Å². The summed E-state index contributed by atoms with van der Waals surface area (Å²) >= 11 is 1.55. The first-order valence-corrected chi connectivity index (χ1v) is 7.63. The van der Waals surface area contributed by atoms with Crippen LogP contribution in [0.1, 0.15) is 11.3 Å². The fraction of sp³-hybridized carbons (Fsp3) is 0.333. The lowest BCUT2D eigenvalue weighted by Gasteiger charge is -2.11. The van der Waals surface area contributed by atoms with E-state index in [4.69, 9.17) is 5.73 Å². The second-order valence-electron chi connectivity index (χ2n) is 5.03. The normalized spacial score (nSPS) is 10.9. The van der Waals surface area contributed by atoms with Gasteiger partial charge in [0.1, 0.15) is 0 Å². The van der Waals surface area contributed by atoms with E-state index in [1.165, 1.54) is 0 Å². The monoisotopic (exact) mass is 376 g/mol. The molecule has 0 fully saturated rings. The van der Waals surface area contributed by atoms with E-state index in [1.807, 2.05) is 54.7 Å². The maximum atomic E-state index is 12.0. The molecule has 23 heavy (non-hydrogen) atoms. The van der Waals surface area contributed by atoms with E-state index < -0.39 is 6.04 Å². The molecule has 128 valence electrons. The summed E-state index contributed by atoms with van der Waals surface area (Å²) in [6.45, 7) is 0.408. The van der Waals surface area contributed by atoms with Crippen molar-refractivity contribution in [1.29, 1.82) is 0 Å². The highest BCUT2D eigenvalue weighted by Gasteiger charge is 2.14. The molecular formula is C15H22Cl2N4OS. The van der Waals surface area contributed by atoms with Gasteiger partial charge in [-0.25, -0.2) is 4.98 Å². The first kappa shape index (κ1) is 21.7. The minimum absolute atomic E-state index is 0. The highest BCUT2D eigenvalue weighted by molar-refractivity contribution is 7.13. The topological polar surface area (TPSA) is 71.2 Å². The molecule has 0 bridgehead atoms. The van der Waals surface area contributed by atoms with E-state index in [2.05, 4.69) is 10.3 Å². The fourth-order valence-corrected chi connectivity index (χ4v) is 2.61. The van der Waals surface area contributed by atoms with Gasteiger partial charge in [-0.1, -0.05) is 30.3 Å². The average molecular weight is 377 g/mol. The largest absolute Gasteiger partial charge is 0.354 e. The maximum absolute atomic E-state index is 12.0. The summed E-state index contributed by atoms with van der Waals surface area (Å²) in [5.74, 6) is -0.154. The molecule has 0 aliphatic rings. The third kappa shape index (κ3) is 6.74. The SMILES string of the molecule is CN(C)c1nc(CNC(=O)[C@@H](N)Cc2ccccc2)cs1.Cl.Cl. The molecule has 0 saturated carbocycles. The second kappa shape index (κ2) is 10.4. The number of rotatable bonds is 6. The summed E-state index contributed by atoms with van der Waals surface area (Å²) in [7, 11) is 3.88. The van der Waals surface area contributed by atoms with Gasteiger partial charge in [0.15, 0.2) is 5.13 Å². The summed E-state index contributed by atoms with van der Waals surface area (Å²) < 4.78 is 0.